The Labute approximate surface area is 161 Å². The van der Waals surface area contributed by atoms with E-state index in [0.717, 1.165) is 22.4 Å². The zero-order valence-electron chi connectivity index (χ0n) is 15.8. The first-order valence-electron chi connectivity index (χ1n) is 8.78. The topological polar surface area (TPSA) is 49.4 Å². The van der Waals surface area contributed by atoms with Crippen molar-refractivity contribution in [2.24, 2.45) is 0 Å². The average Bonchev–Trinajstić information content (AvgIpc) is 2.67. The smallest absolute Gasteiger partial charge is 0.241 e. The molecule has 1 atom stereocenters. The van der Waals surface area contributed by atoms with Gasteiger partial charge in [0.05, 0.1) is 10.9 Å². The maximum absolute atomic E-state index is 13.0. The van der Waals surface area contributed by atoms with Crippen LogP contribution in [0.3, 0.4) is 0 Å². The van der Waals surface area contributed by atoms with Crippen molar-refractivity contribution in [3.8, 4) is 0 Å². The summed E-state index contributed by atoms with van der Waals surface area (Å²) < 4.78 is 28.8. The standard InChI is InChI=1S/C22H24N2O2S/c1-17-9-15-21(16-10-17)27(25,26)23-22(18-7-5-4-6-8-18)19-11-13-20(14-12-19)24(2)3/h4-16,22-23H,1-3H3. The Bertz CT molecular complexity index is 981. The molecule has 0 spiro atoms. The molecule has 0 amide bonds. The van der Waals surface area contributed by atoms with Crippen LogP contribution in [0.25, 0.3) is 0 Å². The predicted octanol–water partition coefficient (Wildman–Crippen LogP) is 4.13. The summed E-state index contributed by atoms with van der Waals surface area (Å²) >= 11 is 0. The van der Waals surface area contributed by atoms with Gasteiger partial charge in [0.15, 0.2) is 0 Å². The Morgan fingerprint density at radius 3 is 1.89 bits per heavy atom. The van der Waals surface area contributed by atoms with E-state index in [2.05, 4.69) is 4.72 Å². The first-order valence-corrected chi connectivity index (χ1v) is 10.3. The van der Waals surface area contributed by atoms with Gasteiger partial charge in [-0.25, -0.2) is 8.42 Å². The maximum atomic E-state index is 13.0. The van der Waals surface area contributed by atoms with Crippen LogP contribution in [0.2, 0.25) is 0 Å². The van der Waals surface area contributed by atoms with Crippen molar-refractivity contribution in [2.75, 3.05) is 19.0 Å². The van der Waals surface area contributed by atoms with Crippen molar-refractivity contribution in [1.82, 2.24) is 4.72 Å². The molecule has 3 aromatic rings. The van der Waals surface area contributed by atoms with Crippen molar-refractivity contribution < 1.29 is 8.42 Å². The van der Waals surface area contributed by atoms with E-state index in [1.165, 1.54) is 0 Å². The van der Waals surface area contributed by atoms with Crippen molar-refractivity contribution in [3.63, 3.8) is 0 Å². The molecule has 140 valence electrons. The first kappa shape index (κ1) is 19.1. The average molecular weight is 381 g/mol. The first-order chi connectivity index (χ1) is 12.9. The van der Waals surface area contributed by atoms with Crippen molar-refractivity contribution in [2.45, 2.75) is 17.9 Å². The third-order valence-electron chi connectivity index (χ3n) is 4.48. The van der Waals surface area contributed by atoms with Crippen molar-refractivity contribution in [1.29, 1.82) is 0 Å². The highest BCUT2D eigenvalue weighted by Gasteiger charge is 2.23. The van der Waals surface area contributed by atoms with Gasteiger partial charge in [0.2, 0.25) is 10.0 Å². The number of hydrogen-bond acceptors (Lipinski definition) is 3. The van der Waals surface area contributed by atoms with E-state index < -0.39 is 16.1 Å². The Morgan fingerprint density at radius 2 is 1.33 bits per heavy atom. The van der Waals surface area contributed by atoms with Crippen LogP contribution < -0.4 is 9.62 Å². The van der Waals surface area contributed by atoms with E-state index in [-0.39, 0.29) is 4.90 Å². The molecule has 0 aliphatic rings. The summed E-state index contributed by atoms with van der Waals surface area (Å²) in [6.45, 7) is 1.93. The molecule has 0 aliphatic carbocycles. The Hall–Kier alpha value is -2.63. The molecule has 4 nitrogen and oxygen atoms in total. The lowest BCUT2D eigenvalue weighted by atomic mass is 9.99. The van der Waals surface area contributed by atoms with E-state index in [1.807, 2.05) is 80.5 Å². The monoisotopic (exact) mass is 380 g/mol. The molecule has 0 aliphatic heterocycles. The highest BCUT2D eigenvalue weighted by atomic mass is 32.2. The second-order valence-corrected chi connectivity index (χ2v) is 8.48. The zero-order chi connectivity index (χ0) is 19.4. The summed E-state index contributed by atoms with van der Waals surface area (Å²) in [5.41, 5.74) is 3.87. The van der Waals surface area contributed by atoms with Gasteiger partial charge >= 0.3 is 0 Å². The van der Waals surface area contributed by atoms with Gasteiger partial charge in [-0.1, -0.05) is 60.2 Å². The highest BCUT2D eigenvalue weighted by molar-refractivity contribution is 7.89. The van der Waals surface area contributed by atoms with Crippen LogP contribution in [-0.4, -0.2) is 22.5 Å². The van der Waals surface area contributed by atoms with Gasteiger partial charge in [0.1, 0.15) is 0 Å². The van der Waals surface area contributed by atoms with Crippen LogP contribution >= 0.6 is 0 Å². The van der Waals surface area contributed by atoms with Gasteiger partial charge < -0.3 is 4.90 Å². The van der Waals surface area contributed by atoms with Crippen LogP contribution in [0.1, 0.15) is 22.7 Å². The summed E-state index contributed by atoms with van der Waals surface area (Å²) in [6.07, 6.45) is 0. The molecule has 27 heavy (non-hydrogen) atoms. The minimum atomic E-state index is -3.66. The number of anilines is 1. The number of aryl methyl sites for hydroxylation is 1. The summed E-state index contributed by atoms with van der Waals surface area (Å²) in [4.78, 5) is 2.27. The molecule has 1 unspecified atom stereocenters. The molecule has 0 bridgehead atoms. The lowest BCUT2D eigenvalue weighted by Gasteiger charge is -2.21. The van der Waals surface area contributed by atoms with Crippen LogP contribution in [0.4, 0.5) is 5.69 Å². The third-order valence-corrected chi connectivity index (χ3v) is 5.92. The normalized spacial score (nSPS) is 12.6. The van der Waals surface area contributed by atoms with Crippen LogP contribution in [0.5, 0.6) is 0 Å². The SMILES string of the molecule is Cc1ccc(S(=O)(=O)NC(c2ccccc2)c2ccc(N(C)C)cc2)cc1. The summed E-state index contributed by atoms with van der Waals surface area (Å²) in [5.74, 6) is 0. The largest absolute Gasteiger partial charge is 0.378 e. The minimum absolute atomic E-state index is 0.263. The van der Waals surface area contributed by atoms with E-state index in [4.69, 9.17) is 0 Å². The van der Waals surface area contributed by atoms with Gasteiger partial charge in [-0.15, -0.1) is 0 Å². The Morgan fingerprint density at radius 1 is 0.778 bits per heavy atom. The molecule has 3 rings (SSSR count). The van der Waals surface area contributed by atoms with Gasteiger partial charge in [0, 0.05) is 19.8 Å². The van der Waals surface area contributed by atoms with Crippen molar-refractivity contribution >= 4 is 15.7 Å². The van der Waals surface area contributed by atoms with Gasteiger partial charge in [-0.3, -0.25) is 0 Å². The number of rotatable bonds is 6. The lowest BCUT2D eigenvalue weighted by Crippen LogP contribution is -2.29. The molecule has 1 N–H and O–H groups in total. The van der Waals surface area contributed by atoms with Crippen LogP contribution in [-0.2, 0) is 10.0 Å². The predicted molar refractivity (Wildman–Crippen MR) is 111 cm³/mol. The lowest BCUT2D eigenvalue weighted by molar-refractivity contribution is 0.572. The number of hydrogen-bond donors (Lipinski definition) is 1. The molecule has 0 heterocycles. The fourth-order valence-electron chi connectivity index (χ4n) is 2.88. The fraction of sp³-hybridized carbons (Fsp3) is 0.182. The highest BCUT2D eigenvalue weighted by Crippen LogP contribution is 2.26. The second kappa shape index (κ2) is 7.94. The molecule has 0 aromatic heterocycles. The number of nitrogens with zero attached hydrogens (tertiary/aromatic N) is 1. The molecule has 0 saturated carbocycles. The second-order valence-electron chi connectivity index (χ2n) is 6.76. The van der Waals surface area contributed by atoms with Crippen LogP contribution in [0.15, 0.2) is 83.8 Å². The minimum Gasteiger partial charge on any atom is -0.378 e. The zero-order valence-corrected chi connectivity index (χ0v) is 16.6. The van der Waals surface area contributed by atoms with Crippen molar-refractivity contribution in [3.05, 3.63) is 95.6 Å². The number of sulfonamides is 1. The van der Waals surface area contributed by atoms with Gasteiger partial charge in [-0.2, -0.15) is 4.72 Å². The summed E-state index contributed by atoms with van der Waals surface area (Å²) in [6, 6.07) is 23.9. The van der Waals surface area contributed by atoms with Gasteiger partial charge in [-0.05, 0) is 42.3 Å². The number of benzene rings is 3. The van der Waals surface area contributed by atoms with E-state index in [0.29, 0.717) is 0 Å². The Kier molecular flexibility index (Phi) is 5.63. The molecule has 5 heteroatoms. The maximum Gasteiger partial charge on any atom is 0.241 e. The molecular formula is C22H24N2O2S. The fourth-order valence-corrected chi connectivity index (χ4v) is 4.09. The van der Waals surface area contributed by atoms with E-state index in [1.54, 1.807) is 24.3 Å². The molecule has 0 saturated heterocycles. The number of nitrogens with one attached hydrogen (secondary N) is 1. The summed E-state index contributed by atoms with van der Waals surface area (Å²) in [5, 5.41) is 0. The molecule has 3 aromatic carbocycles. The van der Waals surface area contributed by atoms with Gasteiger partial charge in [0.25, 0.3) is 0 Å². The quantitative estimate of drug-likeness (QED) is 0.700. The third kappa shape index (κ3) is 4.56. The Balaban J connectivity index is 1.99. The summed E-state index contributed by atoms with van der Waals surface area (Å²) in [7, 11) is 0.293. The van der Waals surface area contributed by atoms with Crippen LogP contribution in [0, 0.1) is 6.92 Å². The molecule has 0 radical (unpaired) electrons. The molecule has 0 fully saturated rings. The molecular weight excluding hydrogens is 356 g/mol. The van der Waals surface area contributed by atoms with E-state index in [9.17, 15) is 8.42 Å². The van der Waals surface area contributed by atoms with E-state index >= 15 is 0 Å².